The fourth-order valence-corrected chi connectivity index (χ4v) is 5.68. The average Bonchev–Trinajstić information content (AvgIpc) is 3.52. The highest BCUT2D eigenvalue weighted by Gasteiger charge is 2.37. The van der Waals surface area contributed by atoms with Crippen LogP contribution in [0.1, 0.15) is 24.5 Å². The molecule has 0 spiro atoms. The molecule has 0 radical (unpaired) electrons. The third kappa shape index (κ3) is 4.70. The molecular formula is C31H32FN5O. The number of anilines is 1. The number of nitrogens with zero attached hydrogens (tertiary/aromatic N) is 3. The Balaban J connectivity index is 1.10. The highest BCUT2D eigenvalue weighted by Crippen LogP contribution is 2.38. The Labute approximate surface area is 222 Å². The Bertz CT molecular complexity index is 1510. The van der Waals surface area contributed by atoms with Gasteiger partial charge in [-0.3, -0.25) is 14.8 Å². The van der Waals surface area contributed by atoms with Crippen molar-refractivity contribution >= 4 is 22.5 Å². The monoisotopic (exact) mass is 509 g/mol. The van der Waals surface area contributed by atoms with Crippen molar-refractivity contribution in [2.45, 2.75) is 26.3 Å². The maximum absolute atomic E-state index is 13.4. The number of likely N-dealkylation sites (tertiary alicyclic amines) is 1. The number of nitrogens with one attached hydrogen (secondary N) is 2. The van der Waals surface area contributed by atoms with E-state index in [9.17, 15) is 9.18 Å². The van der Waals surface area contributed by atoms with E-state index in [4.69, 9.17) is 0 Å². The molecule has 1 atom stereocenters. The fraction of sp³-hybridized carbons (Fsp3) is 0.290. The SMILES string of the molecule is C=C(Nc1ccc2[nH]nc(-c3ccc(F)cc3)c2c1)C1(C)CCN(CC(=O)N2CCc3ccccc3C2)C1. The van der Waals surface area contributed by atoms with Gasteiger partial charge in [-0.1, -0.05) is 37.8 Å². The molecule has 0 saturated carbocycles. The van der Waals surface area contributed by atoms with Gasteiger partial charge >= 0.3 is 0 Å². The lowest BCUT2D eigenvalue weighted by Crippen LogP contribution is -2.42. The number of H-pyrrole nitrogens is 1. The van der Waals surface area contributed by atoms with Crippen molar-refractivity contribution in [3.05, 3.63) is 96.0 Å². The highest BCUT2D eigenvalue weighted by molar-refractivity contribution is 5.95. The second-order valence-electron chi connectivity index (χ2n) is 10.8. The lowest BCUT2D eigenvalue weighted by atomic mass is 9.86. The predicted octanol–water partition coefficient (Wildman–Crippen LogP) is 5.59. The van der Waals surface area contributed by atoms with Gasteiger partial charge in [0.15, 0.2) is 0 Å². The third-order valence-electron chi connectivity index (χ3n) is 8.10. The average molecular weight is 510 g/mol. The van der Waals surface area contributed by atoms with Crippen molar-refractivity contribution in [3.63, 3.8) is 0 Å². The molecule has 6 nitrogen and oxygen atoms in total. The van der Waals surface area contributed by atoms with E-state index in [2.05, 4.69) is 58.2 Å². The number of aromatic nitrogens is 2. The largest absolute Gasteiger partial charge is 0.359 e. The zero-order chi connectivity index (χ0) is 26.3. The molecule has 7 heteroatoms. The van der Waals surface area contributed by atoms with Crippen LogP contribution >= 0.6 is 0 Å². The molecule has 3 heterocycles. The third-order valence-corrected chi connectivity index (χ3v) is 8.10. The van der Waals surface area contributed by atoms with Crippen LogP contribution in [0.15, 0.2) is 79.0 Å². The van der Waals surface area contributed by atoms with Crippen molar-refractivity contribution in [1.82, 2.24) is 20.0 Å². The molecule has 4 aromatic rings. The Morgan fingerprint density at radius 1 is 1.11 bits per heavy atom. The van der Waals surface area contributed by atoms with Crippen molar-refractivity contribution in [3.8, 4) is 11.3 Å². The number of hydrogen-bond acceptors (Lipinski definition) is 4. The van der Waals surface area contributed by atoms with Crippen LogP contribution in [0, 0.1) is 11.2 Å². The summed E-state index contributed by atoms with van der Waals surface area (Å²) in [5.41, 5.74) is 6.87. The van der Waals surface area contributed by atoms with Crippen LogP contribution in [-0.4, -0.2) is 52.1 Å². The van der Waals surface area contributed by atoms with Gasteiger partial charge in [-0.25, -0.2) is 4.39 Å². The maximum Gasteiger partial charge on any atom is 0.237 e. The van der Waals surface area contributed by atoms with Gasteiger partial charge in [0.1, 0.15) is 5.82 Å². The van der Waals surface area contributed by atoms with Gasteiger partial charge in [0.05, 0.1) is 17.8 Å². The van der Waals surface area contributed by atoms with Crippen molar-refractivity contribution in [1.29, 1.82) is 0 Å². The van der Waals surface area contributed by atoms with Crippen LogP contribution in [0.4, 0.5) is 10.1 Å². The molecule has 1 fully saturated rings. The molecule has 0 bridgehead atoms. The van der Waals surface area contributed by atoms with Crippen LogP contribution in [0.2, 0.25) is 0 Å². The van der Waals surface area contributed by atoms with Crippen molar-refractivity contribution in [2.24, 2.45) is 5.41 Å². The summed E-state index contributed by atoms with van der Waals surface area (Å²) >= 11 is 0. The number of benzene rings is 3. The Morgan fingerprint density at radius 2 is 1.89 bits per heavy atom. The summed E-state index contributed by atoms with van der Waals surface area (Å²) < 4.78 is 13.4. The quantitative estimate of drug-likeness (QED) is 0.356. The van der Waals surface area contributed by atoms with E-state index in [1.165, 1.54) is 23.3 Å². The number of halogens is 1. The molecule has 1 amide bonds. The first-order chi connectivity index (χ1) is 18.4. The summed E-state index contributed by atoms with van der Waals surface area (Å²) in [6.45, 7) is 10.2. The Kier molecular flexibility index (Phi) is 6.24. The molecule has 1 saturated heterocycles. The highest BCUT2D eigenvalue weighted by atomic mass is 19.1. The predicted molar refractivity (Wildman–Crippen MR) is 149 cm³/mol. The minimum Gasteiger partial charge on any atom is -0.359 e. The van der Waals surface area contributed by atoms with E-state index in [0.29, 0.717) is 13.1 Å². The van der Waals surface area contributed by atoms with E-state index in [1.54, 1.807) is 12.1 Å². The first-order valence-corrected chi connectivity index (χ1v) is 13.2. The van der Waals surface area contributed by atoms with Crippen LogP contribution in [0.25, 0.3) is 22.2 Å². The van der Waals surface area contributed by atoms with Gasteiger partial charge in [0.25, 0.3) is 0 Å². The molecule has 1 unspecified atom stereocenters. The molecule has 2 aliphatic rings. The van der Waals surface area contributed by atoms with Crippen LogP contribution in [0.3, 0.4) is 0 Å². The fourth-order valence-electron chi connectivity index (χ4n) is 5.68. The lowest BCUT2D eigenvalue weighted by molar-refractivity contribution is -0.133. The topological polar surface area (TPSA) is 64.3 Å². The molecule has 2 aliphatic heterocycles. The summed E-state index contributed by atoms with van der Waals surface area (Å²) in [5.74, 6) is -0.0740. The molecule has 2 N–H and O–H groups in total. The molecular weight excluding hydrogens is 477 g/mol. The zero-order valence-electron chi connectivity index (χ0n) is 21.6. The first kappa shape index (κ1) is 24.4. The van der Waals surface area contributed by atoms with E-state index >= 15 is 0 Å². The molecule has 38 heavy (non-hydrogen) atoms. The van der Waals surface area contributed by atoms with Gasteiger partial charge in [0, 0.05) is 47.4 Å². The molecule has 3 aromatic carbocycles. The molecule has 6 rings (SSSR count). The van der Waals surface area contributed by atoms with E-state index < -0.39 is 0 Å². The van der Waals surface area contributed by atoms with Gasteiger partial charge in [-0.2, -0.15) is 5.10 Å². The second-order valence-corrected chi connectivity index (χ2v) is 10.8. The van der Waals surface area contributed by atoms with E-state index in [-0.39, 0.29) is 17.1 Å². The number of carbonyl (C=O) groups excluding carboxylic acids is 1. The summed E-state index contributed by atoms with van der Waals surface area (Å²) in [7, 11) is 0. The number of rotatable bonds is 6. The maximum atomic E-state index is 13.4. The lowest BCUT2D eigenvalue weighted by Gasteiger charge is -2.31. The number of amides is 1. The standard InChI is InChI=1S/C31H32FN5O/c1-21(33-26-11-12-28-27(17-26)30(35-34-28)23-7-9-25(32)10-8-23)31(2)14-16-36(20-31)19-29(38)37-15-13-22-5-3-4-6-24(22)18-37/h3-12,17,33H,1,13-16,18-20H2,2H3,(H,34,35). The summed E-state index contributed by atoms with van der Waals surface area (Å²) in [6.07, 6.45) is 1.86. The van der Waals surface area contributed by atoms with Crippen LogP contribution < -0.4 is 5.32 Å². The van der Waals surface area contributed by atoms with Crippen molar-refractivity contribution in [2.75, 3.05) is 31.5 Å². The summed E-state index contributed by atoms with van der Waals surface area (Å²) in [4.78, 5) is 17.4. The van der Waals surface area contributed by atoms with Crippen LogP contribution in [0.5, 0.6) is 0 Å². The Morgan fingerprint density at radius 3 is 2.71 bits per heavy atom. The number of fused-ring (bicyclic) bond motifs is 2. The zero-order valence-corrected chi connectivity index (χ0v) is 21.6. The number of aromatic amines is 1. The van der Waals surface area contributed by atoms with Gasteiger partial charge < -0.3 is 10.2 Å². The number of carbonyl (C=O) groups is 1. The van der Waals surface area contributed by atoms with E-state index in [1.807, 2.05) is 23.1 Å². The second kappa shape index (κ2) is 9.72. The Hall–Kier alpha value is -3.97. The van der Waals surface area contributed by atoms with Gasteiger partial charge in [-0.05, 0) is 73.0 Å². The van der Waals surface area contributed by atoms with E-state index in [0.717, 1.165) is 66.0 Å². The molecule has 194 valence electrons. The van der Waals surface area contributed by atoms with Crippen molar-refractivity contribution < 1.29 is 9.18 Å². The number of hydrogen-bond donors (Lipinski definition) is 2. The minimum absolute atomic E-state index is 0.153. The minimum atomic E-state index is -0.269. The normalized spacial score (nSPS) is 19.5. The summed E-state index contributed by atoms with van der Waals surface area (Å²) in [6, 6.07) is 20.8. The van der Waals surface area contributed by atoms with Crippen LogP contribution in [-0.2, 0) is 17.8 Å². The summed E-state index contributed by atoms with van der Waals surface area (Å²) in [5, 5.41) is 12.0. The molecule has 1 aromatic heterocycles. The smallest absolute Gasteiger partial charge is 0.237 e. The van der Waals surface area contributed by atoms with Gasteiger partial charge in [0.2, 0.25) is 5.91 Å². The molecule has 0 aliphatic carbocycles. The first-order valence-electron chi connectivity index (χ1n) is 13.2. The van der Waals surface area contributed by atoms with Gasteiger partial charge in [-0.15, -0.1) is 0 Å².